The van der Waals surface area contributed by atoms with Crippen LogP contribution in [0.15, 0.2) is 0 Å². The first-order chi connectivity index (χ1) is 12.5. The lowest BCUT2D eigenvalue weighted by Crippen LogP contribution is -2.66. The summed E-state index contributed by atoms with van der Waals surface area (Å²) in [6.07, 6.45) is -4.97. The molecule has 0 bridgehead atoms. The molecule has 1 N–H and O–H groups in total. The van der Waals surface area contributed by atoms with E-state index in [1.165, 1.54) is 6.92 Å². The Morgan fingerprint density at radius 3 is 1.74 bits per heavy atom. The molecule has 1 heterocycles. The molecule has 0 spiro atoms. The maximum atomic E-state index is 11.6. The van der Waals surface area contributed by atoms with Gasteiger partial charge in [0.2, 0.25) is 12.2 Å². The number of amides is 1. The molecule has 27 heavy (non-hydrogen) atoms. The Morgan fingerprint density at radius 1 is 0.778 bits per heavy atom. The summed E-state index contributed by atoms with van der Waals surface area (Å²) in [7, 11) is 0. The SMILES string of the molecule is CC(=O)N[C@@H]1[C@@H](OC(C)=O)O[C@@H](COC(C)=O)[C@@H](OC(C)=O)[C@H]1OC(C)=O. The number of ether oxygens (including phenoxy) is 5. The second-order valence-electron chi connectivity index (χ2n) is 5.83. The number of carbonyl (C=O) groups excluding carboxylic acids is 5. The second kappa shape index (κ2) is 9.86. The van der Waals surface area contributed by atoms with Crippen LogP contribution >= 0.6 is 0 Å². The van der Waals surface area contributed by atoms with Gasteiger partial charge < -0.3 is 29.0 Å². The van der Waals surface area contributed by atoms with Gasteiger partial charge in [-0.05, 0) is 0 Å². The lowest BCUT2D eigenvalue weighted by atomic mass is 9.96. The van der Waals surface area contributed by atoms with E-state index < -0.39 is 60.4 Å². The predicted molar refractivity (Wildman–Crippen MR) is 85.8 cm³/mol. The summed E-state index contributed by atoms with van der Waals surface area (Å²) in [6, 6.07) is -1.16. The Kier molecular flexibility index (Phi) is 8.16. The Morgan fingerprint density at radius 2 is 1.30 bits per heavy atom. The third-order valence-corrected chi connectivity index (χ3v) is 3.35. The van der Waals surface area contributed by atoms with Crippen molar-refractivity contribution in [2.24, 2.45) is 0 Å². The van der Waals surface area contributed by atoms with Crippen LogP contribution in [-0.4, -0.2) is 67.0 Å². The fourth-order valence-electron chi connectivity index (χ4n) is 2.55. The Labute approximate surface area is 155 Å². The fraction of sp³-hybridized carbons (Fsp3) is 0.688. The number of esters is 4. The van der Waals surface area contributed by atoms with Crippen LogP contribution < -0.4 is 5.32 Å². The van der Waals surface area contributed by atoms with Crippen LogP contribution in [0.2, 0.25) is 0 Å². The van der Waals surface area contributed by atoms with Crippen molar-refractivity contribution >= 4 is 29.8 Å². The zero-order valence-corrected chi connectivity index (χ0v) is 15.7. The van der Waals surface area contributed by atoms with E-state index in [2.05, 4.69) is 5.32 Å². The van der Waals surface area contributed by atoms with Crippen molar-refractivity contribution in [3.8, 4) is 0 Å². The van der Waals surface area contributed by atoms with Crippen molar-refractivity contribution in [1.82, 2.24) is 5.32 Å². The van der Waals surface area contributed by atoms with Crippen LogP contribution in [0.1, 0.15) is 34.6 Å². The maximum absolute atomic E-state index is 11.6. The van der Waals surface area contributed by atoms with Crippen molar-refractivity contribution < 1.29 is 47.7 Å². The maximum Gasteiger partial charge on any atom is 0.305 e. The van der Waals surface area contributed by atoms with Gasteiger partial charge in [0.25, 0.3) is 0 Å². The second-order valence-corrected chi connectivity index (χ2v) is 5.83. The van der Waals surface area contributed by atoms with Crippen molar-refractivity contribution in [3.63, 3.8) is 0 Å². The van der Waals surface area contributed by atoms with Gasteiger partial charge in [-0.25, -0.2) is 0 Å². The van der Waals surface area contributed by atoms with Gasteiger partial charge in [0.05, 0.1) is 0 Å². The molecule has 1 aliphatic rings. The molecule has 1 saturated heterocycles. The molecule has 1 fully saturated rings. The molecule has 1 aliphatic heterocycles. The summed E-state index contributed by atoms with van der Waals surface area (Å²) in [5, 5.41) is 2.46. The molecule has 0 radical (unpaired) electrons. The number of hydrogen-bond acceptors (Lipinski definition) is 10. The lowest BCUT2D eigenvalue weighted by molar-refractivity contribution is -0.270. The number of nitrogens with one attached hydrogen (secondary N) is 1. The summed E-state index contributed by atoms with van der Waals surface area (Å²) in [6.45, 7) is 5.36. The van der Waals surface area contributed by atoms with Crippen LogP contribution in [0.3, 0.4) is 0 Å². The summed E-state index contributed by atoms with van der Waals surface area (Å²) in [4.78, 5) is 57.2. The molecule has 0 aliphatic carbocycles. The smallest absolute Gasteiger partial charge is 0.305 e. The van der Waals surface area contributed by atoms with Crippen molar-refractivity contribution in [3.05, 3.63) is 0 Å². The highest BCUT2D eigenvalue weighted by molar-refractivity contribution is 5.74. The summed E-state index contributed by atoms with van der Waals surface area (Å²) < 4.78 is 25.9. The third kappa shape index (κ3) is 7.21. The summed E-state index contributed by atoms with van der Waals surface area (Å²) in [5.41, 5.74) is 0. The molecule has 0 aromatic carbocycles. The van der Waals surface area contributed by atoms with Crippen molar-refractivity contribution in [2.75, 3.05) is 6.61 Å². The summed E-state index contributed by atoms with van der Waals surface area (Å²) in [5.74, 6) is -3.34. The lowest BCUT2D eigenvalue weighted by Gasteiger charge is -2.44. The molecule has 0 saturated carbocycles. The van der Waals surface area contributed by atoms with E-state index in [1.807, 2.05) is 0 Å². The zero-order valence-electron chi connectivity index (χ0n) is 15.7. The predicted octanol–water partition coefficient (Wildman–Crippen LogP) is -0.794. The van der Waals surface area contributed by atoms with Crippen LogP contribution in [0.5, 0.6) is 0 Å². The molecule has 1 rings (SSSR count). The molecule has 11 nitrogen and oxygen atoms in total. The van der Waals surface area contributed by atoms with E-state index in [4.69, 9.17) is 23.7 Å². The van der Waals surface area contributed by atoms with Gasteiger partial charge in [0.1, 0.15) is 18.8 Å². The van der Waals surface area contributed by atoms with E-state index in [1.54, 1.807) is 0 Å². The van der Waals surface area contributed by atoms with Gasteiger partial charge in [-0.2, -0.15) is 0 Å². The van der Waals surface area contributed by atoms with Crippen LogP contribution in [0.4, 0.5) is 0 Å². The first-order valence-electron chi connectivity index (χ1n) is 8.08. The summed E-state index contributed by atoms with van der Waals surface area (Å²) >= 11 is 0. The minimum absolute atomic E-state index is 0.365. The molecular weight excluding hydrogens is 366 g/mol. The van der Waals surface area contributed by atoms with Crippen LogP contribution in [-0.2, 0) is 47.7 Å². The first kappa shape index (κ1) is 22.4. The fourth-order valence-corrected chi connectivity index (χ4v) is 2.55. The molecular formula is C16H23NO10. The number of rotatable bonds is 6. The number of hydrogen-bond donors (Lipinski definition) is 1. The third-order valence-electron chi connectivity index (χ3n) is 3.35. The Balaban J connectivity index is 3.29. The topological polar surface area (TPSA) is 144 Å². The molecule has 11 heteroatoms. The highest BCUT2D eigenvalue weighted by Gasteiger charge is 2.52. The molecule has 152 valence electrons. The van der Waals surface area contributed by atoms with Gasteiger partial charge in [0, 0.05) is 34.6 Å². The van der Waals surface area contributed by atoms with Gasteiger partial charge >= 0.3 is 23.9 Å². The van der Waals surface area contributed by atoms with E-state index >= 15 is 0 Å². The minimum atomic E-state index is -1.37. The molecule has 5 atom stereocenters. The highest BCUT2D eigenvalue weighted by atomic mass is 16.7. The van der Waals surface area contributed by atoms with Gasteiger partial charge in [0.15, 0.2) is 12.2 Å². The quantitative estimate of drug-likeness (QED) is 0.453. The highest BCUT2D eigenvalue weighted by Crippen LogP contribution is 2.28. The standard InChI is InChI=1S/C16H23NO10/c1-7(18)17-13-15(25-10(4)21)14(24-9(3)20)12(6-23-8(2)19)27-16(13)26-11(5)22/h12-16H,6H2,1-5H3,(H,17,18)/t12-,13-,14+,15-,16-/m0/s1. The van der Waals surface area contributed by atoms with Crippen LogP contribution in [0, 0.1) is 0 Å². The average Bonchev–Trinajstić information content (AvgIpc) is 2.49. The monoisotopic (exact) mass is 389 g/mol. The number of carbonyl (C=O) groups is 5. The zero-order chi connectivity index (χ0) is 20.7. The largest absolute Gasteiger partial charge is 0.463 e. The van der Waals surface area contributed by atoms with Crippen LogP contribution in [0.25, 0.3) is 0 Å². The van der Waals surface area contributed by atoms with Gasteiger partial charge in [-0.15, -0.1) is 0 Å². The minimum Gasteiger partial charge on any atom is -0.463 e. The Hall–Kier alpha value is -2.69. The van der Waals surface area contributed by atoms with Crippen molar-refractivity contribution in [1.29, 1.82) is 0 Å². The first-order valence-corrected chi connectivity index (χ1v) is 8.08. The van der Waals surface area contributed by atoms with E-state index in [0.717, 1.165) is 27.7 Å². The van der Waals surface area contributed by atoms with Gasteiger partial charge in [-0.1, -0.05) is 0 Å². The molecule has 1 amide bonds. The van der Waals surface area contributed by atoms with E-state index in [0.29, 0.717) is 0 Å². The normalized spacial score (nSPS) is 27.1. The molecule has 0 aromatic heterocycles. The Bertz CT molecular complexity index is 604. The van der Waals surface area contributed by atoms with E-state index in [-0.39, 0.29) is 6.61 Å². The molecule has 0 aromatic rings. The van der Waals surface area contributed by atoms with E-state index in [9.17, 15) is 24.0 Å². The van der Waals surface area contributed by atoms with Gasteiger partial charge in [-0.3, -0.25) is 24.0 Å². The molecule has 0 unspecified atom stereocenters. The average molecular weight is 389 g/mol. The van der Waals surface area contributed by atoms with Crippen molar-refractivity contribution in [2.45, 2.75) is 65.3 Å².